The van der Waals surface area contributed by atoms with Crippen LogP contribution < -0.4 is 5.32 Å². The standard InChI is InChI=1S/C12H21NO3/c1-11(2,3)16-10(14)12-8-13-7-9(12)5-4-6-15-12/h9,13H,4-8H2,1-3H3. The minimum absolute atomic E-state index is 0.199. The SMILES string of the molecule is CC(C)(C)OC(=O)C12CNCC1CCCO2. The molecule has 0 saturated carbocycles. The number of nitrogens with one attached hydrogen (secondary N) is 1. The van der Waals surface area contributed by atoms with Crippen molar-refractivity contribution in [2.45, 2.75) is 44.8 Å². The number of ether oxygens (including phenoxy) is 2. The fourth-order valence-corrected chi connectivity index (χ4v) is 2.49. The summed E-state index contributed by atoms with van der Waals surface area (Å²) in [6, 6.07) is 0. The Kier molecular flexibility index (Phi) is 2.97. The third-order valence-corrected chi connectivity index (χ3v) is 3.24. The first-order chi connectivity index (χ1) is 7.44. The predicted molar refractivity (Wildman–Crippen MR) is 60.1 cm³/mol. The number of hydrogen-bond acceptors (Lipinski definition) is 4. The maximum atomic E-state index is 12.2. The van der Waals surface area contributed by atoms with Crippen LogP contribution in [0, 0.1) is 5.92 Å². The smallest absolute Gasteiger partial charge is 0.340 e. The Hall–Kier alpha value is -0.610. The minimum atomic E-state index is -0.717. The van der Waals surface area contributed by atoms with Crippen LogP contribution in [0.5, 0.6) is 0 Å². The Labute approximate surface area is 96.7 Å². The molecule has 2 rings (SSSR count). The van der Waals surface area contributed by atoms with Gasteiger partial charge in [0.2, 0.25) is 0 Å². The molecule has 0 radical (unpaired) electrons. The van der Waals surface area contributed by atoms with Crippen molar-refractivity contribution in [2.75, 3.05) is 19.7 Å². The van der Waals surface area contributed by atoms with Crippen LogP contribution in [0.15, 0.2) is 0 Å². The lowest BCUT2D eigenvalue weighted by atomic mass is 9.84. The lowest BCUT2D eigenvalue weighted by Gasteiger charge is -2.38. The van der Waals surface area contributed by atoms with Gasteiger partial charge in [-0.3, -0.25) is 0 Å². The second kappa shape index (κ2) is 4.00. The average molecular weight is 227 g/mol. The molecule has 0 aromatic heterocycles. The lowest BCUT2D eigenvalue weighted by Crippen LogP contribution is -2.53. The van der Waals surface area contributed by atoms with Crippen molar-refractivity contribution in [1.82, 2.24) is 5.32 Å². The van der Waals surface area contributed by atoms with E-state index in [9.17, 15) is 4.79 Å². The molecule has 0 amide bonds. The molecule has 4 heteroatoms. The second-order valence-electron chi connectivity index (χ2n) is 5.71. The highest BCUT2D eigenvalue weighted by Gasteiger charge is 2.53. The third kappa shape index (κ3) is 2.09. The highest BCUT2D eigenvalue weighted by Crippen LogP contribution is 2.36. The van der Waals surface area contributed by atoms with E-state index in [1.54, 1.807) is 0 Å². The first kappa shape index (κ1) is 11.9. The Morgan fingerprint density at radius 3 is 2.94 bits per heavy atom. The molecule has 2 aliphatic rings. The molecule has 1 N–H and O–H groups in total. The first-order valence-corrected chi connectivity index (χ1v) is 6.02. The maximum absolute atomic E-state index is 12.2. The van der Waals surface area contributed by atoms with Gasteiger partial charge in [0.15, 0.2) is 5.60 Å². The predicted octanol–water partition coefficient (Wildman–Crippen LogP) is 1.10. The molecule has 92 valence electrons. The number of carbonyl (C=O) groups is 1. The van der Waals surface area contributed by atoms with Crippen molar-refractivity contribution in [3.63, 3.8) is 0 Å². The van der Waals surface area contributed by atoms with Crippen molar-refractivity contribution in [3.05, 3.63) is 0 Å². The molecule has 2 aliphatic heterocycles. The summed E-state index contributed by atoms with van der Waals surface area (Å²) in [7, 11) is 0. The largest absolute Gasteiger partial charge is 0.458 e. The van der Waals surface area contributed by atoms with Crippen LogP contribution >= 0.6 is 0 Å². The van der Waals surface area contributed by atoms with E-state index < -0.39 is 11.2 Å². The zero-order chi connectivity index (χ0) is 11.8. The molecular weight excluding hydrogens is 206 g/mol. The zero-order valence-electron chi connectivity index (χ0n) is 10.3. The van der Waals surface area contributed by atoms with Crippen molar-refractivity contribution < 1.29 is 14.3 Å². The van der Waals surface area contributed by atoms with E-state index in [1.807, 2.05) is 20.8 Å². The number of hydrogen-bond donors (Lipinski definition) is 1. The molecule has 2 heterocycles. The van der Waals surface area contributed by atoms with Gasteiger partial charge in [-0.15, -0.1) is 0 Å². The van der Waals surface area contributed by atoms with Gasteiger partial charge >= 0.3 is 5.97 Å². The molecule has 16 heavy (non-hydrogen) atoms. The van der Waals surface area contributed by atoms with Gasteiger partial charge in [-0.2, -0.15) is 0 Å². The van der Waals surface area contributed by atoms with Gasteiger partial charge in [-0.05, 0) is 33.6 Å². The fourth-order valence-electron chi connectivity index (χ4n) is 2.49. The fraction of sp³-hybridized carbons (Fsp3) is 0.917. The summed E-state index contributed by atoms with van der Waals surface area (Å²) in [5, 5.41) is 3.25. The second-order valence-corrected chi connectivity index (χ2v) is 5.71. The van der Waals surface area contributed by atoms with Crippen molar-refractivity contribution in [3.8, 4) is 0 Å². The molecule has 2 atom stereocenters. The number of rotatable bonds is 1. The molecule has 0 aromatic rings. The van der Waals surface area contributed by atoms with Crippen LogP contribution in [0.3, 0.4) is 0 Å². The van der Waals surface area contributed by atoms with E-state index in [2.05, 4.69) is 5.32 Å². The Balaban J connectivity index is 2.13. The summed E-state index contributed by atoms with van der Waals surface area (Å²) in [5.74, 6) is 0.0748. The van der Waals surface area contributed by atoms with Crippen LogP contribution in [0.1, 0.15) is 33.6 Å². The minimum Gasteiger partial charge on any atom is -0.458 e. The number of fused-ring (bicyclic) bond motifs is 1. The Morgan fingerprint density at radius 1 is 1.50 bits per heavy atom. The zero-order valence-corrected chi connectivity index (χ0v) is 10.3. The molecule has 2 saturated heterocycles. The highest BCUT2D eigenvalue weighted by atomic mass is 16.6. The van der Waals surface area contributed by atoms with Gasteiger partial charge in [0.05, 0.1) is 0 Å². The van der Waals surface area contributed by atoms with Gasteiger partial charge < -0.3 is 14.8 Å². The van der Waals surface area contributed by atoms with Gasteiger partial charge in [-0.25, -0.2) is 4.79 Å². The molecule has 0 bridgehead atoms. The molecule has 0 spiro atoms. The quantitative estimate of drug-likeness (QED) is 0.681. The maximum Gasteiger partial charge on any atom is 0.340 e. The van der Waals surface area contributed by atoms with E-state index in [1.165, 1.54) is 0 Å². The van der Waals surface area contributed by atoms with Crippen LogP contribution in [0.25, 0.3) is 0 Å². The average Bonchev–Trinajstić information content (AvgIpc) is 2.59. The van der Waals surface area contributed by atoms with Crippen molar-refractivity contribution >= 4 is 5.97 Å². The lowest BCUT2D eigenvalue weighted by molar-refractivity contribution is -0.192. The normalized spacial score (nSPS) is 34.6. The third-order valence-electron chi connectivity index (χ3n) is 3.24. The van der Waals surface area contributed by atoms with E-state index >= 15 is 0 Å². The summed E-state index contributed by atoms with van der Waals surface area (Å²) < 4.78 is 11.2. The topological polar surface area (TPSA) is 47.6 Å². The van der Waals surface area contributed by atoms with Crippen LogP contribution in [0.2, 0.25) is 0 Å². The summed E-state index contributed by atoms with van der Waals surface area (Å²) in [5.41, 5.74) is -1.16. The van der Waals surface area contributed by atoms with E-state index in [0.29, 0.717) is 13.2 Å². The van der Waals surface area contributed by atoms with Crippen molar-refractivity contribution in [2.24, 2.45) is 5.92 Å². The summed E-state index contributed by atoms with van der Waals surface area (Å²) in [4.78, 5) is 12.2. The van der Waals surface area contributed by atoms with Crippen LogP contribution in [-0.4, -0.2) is 36.9 Å². The molecule has 0 aliphatic carbocycles. The van der Waals surface area contributed by atoms with Gasteiger partial charge in [0.25, 0.3) is 0 Å². The van der Waals surface area contributed by atoms with Crippen LogP contribution in [0.4, 0.5) is 0 Å². The molecule has 0 aromatic carbocycles. The number of carbonyl (C=O) groups excluding carboxylic acids is 1. The molecule has 4 nitrogen and oxygen atoms in total. The first-order valence-electron chi connectivity index (χ1n) is 6.02. The monoisotopic (exact) mass is 227 g/mol. The molecular formula is C12H21NO3. The highest BCUT2D eigenvalue weighted by molar-refractivity contribution is 5.81. The van der Waals surface area contributed by atoms with Crippen molar-refractivity contribution in [1.29, 1.82) is 0 Å². The number of esters is 1. The van der Waals surface area contributed by atoms with Gasteiger partial charge in [-0.1, -0.05) is 0 Å². The Bertz CT molecular complexity index is 284. The molecule has 2 fully saturated rings. The summed E-state index contributed by atoms with van der Waals surface area (Å²) >= 11 is 0. The van der Waals surface area contributed by atoms with Gasteiger partial charge in [0, 0.05) is 25.6 Å². The summed E-state index contributed by atoms with van der Waals surface area (Å²) in [6.45, 7) is 7.79. The van der Waals surface area contributed by atoms with E-state index in [0.717, 1.165) is 19.4 Å². The van der Waals surface area contributed by atoms with Gasteiger partial charge in [0.1, 0.15) is 5.60 Å². The van der Waals surface area contributed by atoms with E-state index in [-0.39, 0.29) is 11.9 Å². The summed E-state index contributed by atoms with van der Waals surface area (Å²) in [6.07, 6.45) is 2.09. The van der Waals surface area contributed by atoms with Crippen LogP contribution in [-0.2, 0) is 14.3 Å². The molecule has 2 unspecified atom stereocenters. The Morgan fingerprint density at radius 2 is 2.25 bits per heavy atom. The van der Waals surface area contributed by atoms with E-state index in [4.69, 9.17) is 9.47 Å².